The molecule has 7 rings (SSSR count). The molecule has 4 aromatic rings. The highest BCUT2D eigenvalue weighted by atomic mass is 16.6. The van der Waals surface area contributed by atoms with E-state index >= 15 is 0 Å². The van der Waals surface area contributed by atoms with E-state index in [-0.39, 0.29) is 28.6 Å². The van der Waals surface area contributed by atoms with Crippen LogP contribution in [0.1, 0.15) is 25.2 Å². The number of nitro benzene ring substituents is 1. The minimum absolute atomic E-state index is 0.0385. The lowest BCUT2D eigenvalue weighted by Gasteiger charge is -2.32. The van der Waals surface area contributed by atoms with Crippen LogP contribution in [0.4, 0.5) is 11.4 Å². The fraction of sp³-hybridized carbons (Fsp3) is 0.267. The van der Waals surface area contributed by atoms with Crippen LogP contribution in [0, 0.1) is 27.9 Å². The number of amides is 2. The van der Waals surface area contributed by atoms with Gasteiger partial charge in [-0.3, -0.25) is 34.4 Å². The van der Waals surface area contributed by atoms with Crippen molar-refractivity contribution in [2.75, 3.05) is 12.0 Å². The third-order valence-electron chi connectivity index (χ3n) is 8.63. The minimum Gasteiger partial charge on any atom is -0.494 e. The van der Waals surface area contributed by atoms with Crippen molar-refractivity contribution in [2.24, 2.45) is 17.8 Å². The second-order valence-electron chi connectivity index (χ2n) is 11.0. The number of methoxy groups -OCH3 is 1. The zero-order valence-corrected chi connectivity index (χ0v) is 22.4. The third-order valence-corrected chi connectivity index (χ3v) is 8.63. The fourth-order valence-corrected chi connectivity index (χ4v) is 6.93. The molecule has 2 amide bonds. The summed E-state index contributed by atoms with van der Waals surface area (Å²) in [5.74, 6) is -2.32. The quantitative estimate of drug-likeness (QED) is 0.232. The molecule has 206 valence electrons. The number of fused-ring (bicyclic) bond motifs is 8. The number of benzene rings is 3. The number of nitrogens with zero attached hydrogens (tertiary/aromatic N) is 4. The molecule has 0 unspecified atom stereocenters. The lowest BCUT2D eigenvalue weighted by atomic mass is 9.75. The van der Waals surface area contributed by atoms with E-state index < -0.39 is 40.2 Å². The largest absolute Gasteiger partial charge is 0.494 e. The van der Waals surface area contributed by atoms with Gasteiger partial charge in [-0.1, -0.05) is 44.2 Å². The van der Waals surface area contributed by atoms with Crippen molar-refractivity contribution < 1.29 is 19.2 Å². The van der Waals surface area contributed by atoms with E-state index in [1.165, 1.54) is 25.3 Å². The van der Waals surface area contributed by atoms with Crippen molar-refractivity contribution in [2.45, 2.75) is 25.4 Å². The standard InChI is InChI=1S/C30H25N5O6/c1-15(2)25-23-24(28(38)33(27(23)37)21-13-12-16(35(39)40)14-22(21)41-3)30(32-25)18-9-5-7-11-20(18)34-26(36)17-8-4-6-10-19(17)31-29(30)34/h4-15,23-25,32H,1-3H3/t23-,24+,25-,30-/m0/s1. The van der Waals surface area contributed by atoms with Gasteiger partial charge in [0.15, 0.2) is 0 Å². The van der Waals surface area contributed by atoms with Crippen molar-refractivity contribution in [3.63, 3.8) is 0 Å². The SMILES string of the molecule is COc1cc([N+](=O)[O-])ccc1N1C(=O)[C@@H]2[C@H](C(C)C)N[C@@]3(c4ccccc4-n4c3nc3ccccc3c4=O)[C@H]2C1=O. The number of para-hydroxylation sites is 2. The number of non-ortho nitro benzene ring substituents is 1. The van der Waals surface area contributed by atoms with E-state index in [1.54, 1.807) is 28.8 Å². The Kier molecular flexibility index (Phi) is 5.23. The van der Waals surface area contributed by atoms with Gasteiger partial charge in [-0.2, -0.15) is 0 Å². The van der Waals surface area contributed by atoms with Crippen molar-refractivity contribution in [3.05, 3.63) is 98.6 Å². The van der Waals surface area contributed by atoms with Gasteiger partial charge in [0, 0.05) is 17.7 Å². The van der Waals surface area contributed by atoms with Crippen LogP contribution in [-0.2, 0) is 15.1 Å². The number of anilines is 1. The smallest absolute Gasteiger partial charge is 0.273 e. The Morgan fingerprint density at radius 1 is 1.00 bits per heavy atom. The number of nitro groups is 1. The number of imide groups is 1. The van der Waals surface area contributed by atoms with Gasteiger partial charge in [-0.15, -0.1) is 0 Å². The van der Waals surface area contributed by atoms with E-state index in [4.69, 9.17) is 9.72 Å². The summed E-state index contributed by atoms with van der Waals surface area (Å²) < 4.78 is 6.96. The van der Waals surface area contributed by atoms with Gasteiger partial charge < -0.3 is 4.74 Å². The maximum Gasteiger partial charge on any atom is 0.273 e. The molecule has 11 nitrogen and oxygen atoms in total. The molecular weight excluding hydrogens is 526 g/mol. The molecule has 1 spiro atoms. The second-order valence-corrected chi connectivity index (χ2v) is 11.0. The second kappa shape index (κ2) is 8.55. The summed E-state index contributed by atoms with van der Waals surface area (Å²) in [4.78, 5) is 59.5. The Morgan fingerprint density at radius 2 is 1.73 bits per heavy atom. The summed E-state index contributed by atoms with van der Waals surface area (Å²) in [5, 5.41) is 15.5. The Morgan fingerprint density at radius 3 is 2.46 bits per heavy atom. The van der Waals surface area contributed by atoms with E-state index in [9.17, 15) is 24.5 Å². The van der Waals surface area contributed by atoms with Gasteiger partial charge in [-0.05, 0) is 30.2 Å². The van der Waals surface area contributed by atoms with Crippen molar-refractivity contribution in [1.82, 2.24) is 14.9 Å². The predicted molar refractivity (Wildman–Crippen MR) is 149 cm³/mol. The normalized spacial score (nSPS) is 24.3. The summed E-state index contributed by atoms with van der Waals surface area (Å²) in [6.45, 7) is 3.95. The Bertz CT molecular complexity index is 1880. The summed E-state index contributed by atoms with van der Waals surface area (Å²) in [5.41, 5.74) is 0.173. The average Bonchev–Trinajstić information content (AvgIpc) is 3.56. The van der Waals surface area contributed by atoms with Gasteiger partial charge in [0.25, 0.3) is 11.2 Å². The van der Waals surface area contributed by atoms with E-state index in [2.05, 4.69) is 5.32 Å². The first kappa shape index (κ1) is 25.1. The Balaban J connectivity index is 1.50. The number of nitrogens with one attached hydrogen (secondary N) is 1. The van der Waals surface area contributed by atoms with Crippen LogP contribution in [0.15, 0.2) is 71.5 Å². The number of carbonyl (C=O) groups excluding carboxylic acids is 2. The van der Waals surface area contributed by atoms with Gasteiger partial charge >= 0.3 is 0 Å². The summed E-state index contributed by atoms with van der Waals surface area (Å²) >= 11 is 0. The first-order valence-electron chi connectivity index (χ1n) is 13.3. The molecule has 4 atom stereocenters. The van der Waals surface area contributed by atoms with Crippen molar-refractivity contribution in [3.8, 4) is 11.4 Å². The molecule has 0 saturated carbocycles. The van der Waals surface area contributed by atoms with Crippen molar-refractivity contribution in [1.29, 1.82) is 0 Å². The highest BCUT2D eigenvalue weighted by Gasteiger charge is 2.70. The monoisotopic (exact) mass is 551 g/mol. The summed E-state index contributed by atoms with van der Waals surface area (Å²) in [6.07, 6.45) is 0. The van der Waals surface area contributed by atoms with Gasteiger partial charge in [0.05, 0.1) is 52.2 Å². The molecule has 1 N–H and O–H groups in total. The van der Waals surface area contributed by atoms with Gasteiger partial charge in [0.1, 0.15) is 17.1 Å². The molecule has 2 fully saturated rings. The fourth-order valence-electron chi connectivity index (χ4n) is 6.93. The molecule has 0 bridgehead atoms. The van der Waals surface area contributed by atoms with Crippen LogP contribution >= 0.6 is 0 Å². The van der Waals surface area contributed by atoms with E-state index in [1.807, 2.05) is 38.1 Å². The van der Waals surface area contributed by atoms with Crippen LogP contribution in [0.25, 0.3) is 16.6 Å². The number of aromatic nitrogens is 2. The highest BCUT2D eigenvalue weighted by Crippen LogP contribution is 2.57. The van der Waals surface area contributed by atoms with Crippen molar-refractivity contribution >= 4 is 34.1 Å². The molecule has 2 saturated heterocycles. The lowest BCUT2D eigenvalue weighted by Crippen LogP contribution is -2.51. The average molecular weight is 552 g/mol. The van der Waals surface area contributed by atoms with Gasteiger partial charge in [0.2, 0.25) is 11.8 Å². The van der Waals surface area contributed by atoms with Gasteiger partial charge in [-0.25, -0.2) is 9.88 Å². The van der Waals surface area contributed by atoms with Crippen LogP contribution in [0.3, 0.4) is 0 Å². The molecule has 3 aliphatic rings. The van der Waals surface area contributed by atoms with Crippen LogP contribution in [0.2, 0.25) is 0 Å². The highest BCUT2D eigenvalue weighted by molar-refractivity contribution is 6.24. The zero-order chi connectivity index (χ0) is 28.8. The number of ether oxygens (including phenoxy) is 1. The summed E-state index contributed by atoms with van der Waals surface area (Å²) in [7, 11) is 1.33. The number of hydrogen-bond donors (Lipinski definition) is 1. The number of carbonyl (C=O) groups is 2. The van der Waals surface area contributed by atoms with E-state index in [0.717, 1.165) is 4.90 Å². The topological polar surface area (TPSA) is 137 Å². The predicted octanol–water partition coefficient (Wildman–Crippen LogP) is 3.29. The molecular formula is C30H25N5O6. The van der Waals surface area contributed by atoms with Crippen LogP contribution in [-0.4, -0.2) is 39.4 Å². The third kappa shape index (κ3) is 3.12. The summed E-state index contributed by atoms with van der Waals surface area (Å²) in [6, 6.07) is 17.8. The Hall–Kier alpha value is -4.90. The molecule has 3 aromatic carbocycles. The first-order chi connectivity index (χ1) is 19.7. The molecule has 0 radical (unpaired) electrons. The minimum atomic E-state index is -1.27. The molecule has 3 aliphatic heterocycles. The van der Waals surface area contributed by atoms with Crippen LogP contribution < -0.4 is 20.5 Å². The molecule has 0 aliphatic carbocycles. The molecule has 1 aromatic heterocycles. The zero-order valence-electron chi connectivity index (χ0n) is 22.4. The number of hydrogen-bond acceptors (Lipinski definition) is 8. The lowest BCUT2D eigenvalue weighted by molar-refractivity contribution is -0.384. The number of rotatable bonds is 4. The first-order valence-corrected chi connectivity index (χ1v) is 13.3. The Labute approximate surface area is 233 Å². The molecule has 41 heavy (non-hydrogen) atoms. The van der Waals surface area contributed by atoms with Crippen LogP contribution in [0.5, 0.6) is 5.75 Å². The maximum absolute atomic E-state index is 14.5. The maximum atomic E-state index is 14.5. The molecule has 4 heterocycles. The molecule has 11 heteroatoms. The van der Waals surface area contributed by atoms with E-state index in [0.29, 0.717) is 28.0 Å².